The second kappa shape index (κ2) is 15.1. The van der Waals surface area contributed by atoms with Gasteiger partial charge in [0, 0.05) is 65.8 Å². The van der Waals surface area contributed by atoms with Crippen LogP contribution in [0.5, 0.6) is 0 Å². The van der Waals surface area contributed by atoms with Gasteiger partial charge in [0.15, 0.2) is 0 Å². The zero-order valence-electron chi connectivity index (χ0n) is 36.5. The Morgan fingerprint density at radius 2 is 0.922 bits per heavy atom. The first-order valence-electron chi connectivity index (χ1n) is 22.5. The van der Waals surface area contributed by atoms with Gasteiger partial charge in [0.05, 0.1) is 11.0 Å². The van der Waals surface area contributed by atoms with Crippen LogP contribution in [0.3, 0.4) is 0 Å². The van der Waals surface area contributed by atoms with Crippen LogP contribution in [0.25, 0.3) is 69.4 Å². The van der Waals surface area contributed by atoms with E-state index in [2.05, 4.69) is 242 Å². The van der Waals surface area contributed by atoms with Crippen LogP contribution in [0.4, 0.5) is 34.1 Å². The summed E-state index contributed by atoms with van der Waals surface area (Å²) in [6.45, 7) is 9.02. The van der Waals surface area contributed by atoms with Crippen LogP contribution in [0.1, 0.15) is 50.7 Å². The summed E-state index contributed by atoms with van der Waals surface area (Å²) in [5.41, 5.74) is 14.5. The van der Waals surface area contributed by atoms with Crippen LogP contribution in [0.2, 0.25) is 0 Å². The number of thiophene rings is 1. The lowest BCUT2D eigenvalue weighted by Crippen LogP contribution is -2.10. The maximum Gasteiger partial charge on any atom is 0.109 e. The van der Waals surface area contributed by atoms with E-state index in [1.807, 2.05) is 11.3 Å². The minimum absolute atomic E-state index is 0.467. The van der Waals surface area contributed by atoms with Crippen LogP contribution in [0, 0.1) is 0 Å². The van der Waals surface area contributed by atoms with Gasteiger partial charge in [0.1, 0.15) is 4.83 Å². The maximum atomic E-state index is 2.57. The minimum Gasteiger partial charge on any atom is -0.310 e. The molecule has 0 N–H and O–H groups in total. The van der Waals surface area contributed by atoms with E-state index >= 15 is 0 Å². The summed E-state index contributed by atoms with van der Waals surface area (Å²) in [5.74, 6) is 0.942. The van der Waals surface area contributed by atoms with Gasteiger partial charge in [0.2, 0.25) is 0 Å². The molecule has 0 saturated carbocycles. The molecule has 0 fully saturated rings. The topological polar surface area (TPSA) is 10.9 Å². The molecule has 3 nitrogen and oxygen atoms in total. The third kappa shape index (κ3) is 6.16. The number of para-hydroxylation sites is 2. The molecule has 0 aliphatic carbocycles. The lowest BCUT2D eigenvalue weighted by molar-refractivity contribution is 0.866. The molecule has 0 aliphatic heterocycles. The van der Waals surface area contributed by atoms with E-state index in [1.165, 1.54) is 80.5 Å². The van der Waals surface area contributed by atoms with Crippen LogP contribution in [0.15, 0.2) is 200 Å². The second-order valence-electron chi connectivity index (χ2n) is 17.8. The first-order chi connectivity index (χ1) is 31.4. The van der Waals surface area contributed by atoms with Crippen molar-refractivity contribution in [1.29, 1.82) is 0 Å². The number of fused-ring (bicyclic) bond motifs is 10. The lowest BCUT2D eigenvalue weighted by atomic mass is 9.97. The van der Waals surface area contributed by atoms with E-state index in [1.54, 1.807) is 0 Å². The molecule has 0 unspecified atom stereocenters. The molecule has 0 bridgehead atoms. The van der Waals surface area contributed by atoms with E-state index in [-0.39, 0.29) is 0 Å². The van der Waals surface area contributed by atoms with Crippen molar-refractivity contribution in [3.8, 4) is 11.1 Å². The first kappa shape index (κ1) is 38.3. The van der Waals surface area contributed by atoms with Gasteiger partial charge in [-0.2, -0.15) is 0 Å². The molecule has 12 rings (SSSR count). The van der Waals surface area contributed by atoms with Crippen molar-refractivity contribution in [1.82, 2.24) is 4.40 Å². The van der Waals surface area contributed by atoms with E-state index in [9.17, 15) is 0 Å². The summed E-state index contributed by atoms with van der Waals surface area (Å²) >= 11 is 1.90. The molecule has 3 aromatic heterocycles. The fourth-order valence-electron chi connectivity index (χ4n) is 9.97. The number of nitrogens with zero attached hydrogens (tertiary/aromatic N) is 3. The van der Waals surface area contributed by atoms with Crippen LogP contribution < -0.4 is 9.80 Å². The molecular weight excluding hydrogens is 795 g/mol. The molecule has 0 aliphatic rings. The smallest absolute Gasteiger partial charge is 0.109 e. The molecule has 0 atom stereocenters. The molecule has 64 heavy (non-hydrogen) atoms. The van der Waals surface area contributed by atoms with Gasteiger partial charge in [-0.05, 0) is 136 Å². The van der Waals surface area contributed by atoms with Crippen molar-refractivity contribution in [2.24, 2.45) is 0 Å². The molecule has 12 aromatic rings. The van der Waals surface area contributed by atoms with Crippen molar-refractivity contribution in [2.45, 2.75) is 39.5 Å². The van der Waals surface area contributed by atoms with Crippen molar-refractivity contribution >= 4 is 104 Å². The number of anilines is 6. The predicted molar refractivity (Wildman–Crippen MR) is 277 cm³/mol. The van der Waals surface area contributed by atoms with Crippen molar-refractivity contribution in [2.75, 3.05) is 9.80 Å². The van der Waals surface area contributed by atoms with Crippen molar-refractivity contribution < 1.29 is 0 Å². The van der Waals surface area contributed by atoms with Crippen LogP contribution >= 0.6 is 11.3 Å². The highest BCUT2D eigenvalue weighted by Gasteiger charge is 2.25. The lowest BCUT2D eigenvalue weighted by Gasteiger charge is -2.26. The third-order valence-corrected chi connectivity index (χ3v) is 14.4. The summed E-state index contributed by atoms with van der Waals surface area (Å²) in [4.78, 5) is 6.07. The number of hydrogen-bond acceptors (Lipinski definition) is 3. The summed E-state index contributed by atoms with van der Waals surface area (Å²) in [7, 11) is 0. The van der Waals surface area contributed by atoms with Gasteiger partial charge in [-0.3, -0.25) is 4.40 Å². The van der Waals surface area contributed by atoms with Crippen LogP contribution in [-0.2, 0) is 0 Å². The Morgan fingerprint density at radius 1 is 0.391 bits per heavy atom. The molecule has 0 spiro atoms. The average Bonchev–Trinajstić information content (AvgIpc) is 3.98. The van der Waals surface area contributed by atoms with Crippen LogP contribution in [-0.4, -0.2) is 4.40 Å². The van der Waals surface area contributed by atoms with E-state index in [0.717, 1.165) is 34.1 Å². The standard InChI is InChI=1S/C60H47N3S/c1-38(2)40-20-26-47(27-21-40)61(45-16-10-6-11-17-45)49-30-24-44-35-54-58-51-32-31-50(62(46-18-12-7-13-19-46)48-28-22-41(23-29-48)39(3)4)37-56(51)64-60(58)63-55-33-25-43(42-14-8-5-9-15-42)34-53(55)57(59(54)63)52(44)36-49/h5-39H,1-4H3. The van der Waals surface area contributed by atoms with Gasteiger partial charge in [-0.1, -0.05) is 137 Å². The van der Waals surface area contributed by atoms with Gasteiger partial charge in [0.25, 0.3) is 0 Å². The number of hydrogen-bond donors (Lipinski definition) is 0. The quantitative estimate of drug-likeness (QED) is 0.143. The fourth-order valence-corrected chi connectivity index (χ4v) is 11.2. The monoisotopic (exact) mass is 841 g/mol. The largest absolute Gasteiger partial charge is 0.310 e. The summed E-state index contributed by atoms with van der Waals surface area (Å²) in [5, 5.41) is 9.00. The number of benzene rings is 9. The van der Waals surface area contributed by atoms with Crippen molar-refractivity contribution in [3.05, 3.63) is 211 Å². The van der Waals surface area contributed by atoms with E-state index < -0.39 is 0 Å². The van der Waals surface area contributed by atoms with Gasteiger partial charge < -0.3 is 9.80 Å². The van der Waals surface area contributed by atoms with E-state index in [0.29, 0.717) is 11.8 Å². The van der Waals surface area contributed by atoms with Gasteiger partial charge >= 0.3 is 0 Å². The Balaban J connectivity index is 1.10. The Hall–Kier alpha value is -7.40. The number of rotatable bonds is 9. The highest BCUT2D eigenvalue weighted by Crippen LogP contribution is 2.50. The normalized spacial score (nSPS) is 12.0. The summed E-state index contributed by atoms with van der Waals surface area (Å²) in [6, 6.07) is 74.2. The number of aromatic nitrogens is 1. The molecule has 0 radical (unpaired) electrons. The van der Waals surface area contributed by atoms with Gasteiger partial charge in [-0.25, -0.2) is 0 Å². The van der Waals surface area contributed by atoms with Crippen molar-refractivity contribution in [3.63, 3.8) is 0 Å². The highest BCUT2D eigenvalue weighted by molar-refractivity contribution is 7.25. The summed E-state index contributed by atoms with van der Waals surface area (Å²) < 4.78 is 3.85. The SMILES string of the molecule is CC(C)c1ccc(N(c2ccccc2)c2ccc3c(c2)sc2c3c3cc4ccc(N(c5ccccc5)c5ccc(C(C)C)cc5)cc4c4c5cc(-c6ccccc6)ccc5n2c34)cc1. The summed E-state index contributed by atoms with van der Waals surface area (Å²) in [6.07, 6.45) is 0. The molecule has 0 saturated heterocycles. The Bertz CT molecular complexity index is 3640. The second-order valence-corrected chi connectivity index (χ2v) is 18.8. The Morgan fingerprint density at radius 3 is 1.52 bits per heavy atom. The minimum atomic E-state index is 0.467. The third-order valence-electron chi connectivity index (χ3n) is 13.2. The first-order valence-corrected chi connectivity index (χ1v) is 23.3. The average molecular weight is 842 g/mol. The zero-order valence-corrected chi connectivity index (χ0v) is 37.3. The fraction of sp³-hybridized carbons (Fsp3) is 0.100. The van der Waals surface area contributed by atoms with Gasteiger partial charge in [-0.15, -0.1) is 11.3 Å². The molecule has 9 aromatic carbocycles. The Labute approximate surface area is 378 Å². The molecule has 4 heteroatoms. The predicted octanol–water partition coefficient (Wildman–Crippen LogP) is 18.1. The molecule has 3 heterocycles. The molecule has 308 valence electrons. The zero-order chi connectivity index (χ0) is 43.1. The molecular formula is C60H47N3S. The highest BCUT2D eigenvalue weighted by atomic mass is 32.1. The maximum absolute atomic E-state index is 2.57. The Kier molecular flexibility index (Phi) is 9.06. The molecule has 0 amide bonds. The van der Waals surface area contributed by atoms with E-state index in [4.69, 9.17) is 0 Å².